The Morgan fingerprint density at radius 2 is 2.00 bits per heavy atom. The Kier molecular flexibility index (Phi) is 6.36. The van der Waals surface area contributed by atoms with Gasteiger partial charge in [0.15, 0.2) is 0 Å². The molecule has 0 bridgehead atoms. The Morgan fingerprint density at radius 1 is 1.21 bits per heavy atom. The van der Waals surface area contributed by atoms with Gasteiger partial charge in [0, 0.05) is 23.8 Å². The minimum atomic E-state index is -0.171. The Labute approximate surface area is 151 Å². The van der Waals surface area contributed by atoms with Crippen molar-refractivity contribution in [3.8, 4) is 0 Å². The number of hydrogen-bond donors (Lipinski definition) is 3. The van der Waals surface area contributed by atoms with Crippen LogP contribution in [0.15, 0.2) is 41.8 Å². The van der Waals surface area contributed by atoms with Gasteiger partial charge in [0.1, 0.15) is 0 Å². The van der Waals surface area contributed by atoms with E-state index in [4.69, 9.17) is 5.73 Å². The van der Waals surface area contributed by atoms with Crippen LogP contribution in [0.2, 0.25) is 0 Å². The number of thiophene rings is 1. The van der Waals surface area contributed by atoms with E-state index in [0.717, 1.165) is 12.8 Å². The molecule has 1 unspecified atom stereocenters. The minimum Gasteiger partial charge on any atom is -0.348 e. The molecule has 24 heavy (non-hydrogen) atoms. The van der Waals surface area contributed by atoms with E-state index in [9.17, 15) is 9.59 Å². The summed E-state index contributed by atoms with van der Waals surface area (Å²) < 4.78 is 0. The minimum absolute atomic E-state index is 0. The fourth-order valence-electron chi connectivity index (χ4n) is 2.46. The average molecular weight is 366 g/mol. The molecule has 7 heteroatoms. The van der Waals surface area contributed by atoms with Crippen LogP contribution in [0.4, 0.5) is 5.69 Å². The van der Waals surface area contributed by atoms with Gasteiger partial charge in [0.05, 0.1) is 4.88 Å². The van der Waals surface area contributed by atoms with Crippen LogP contribution in [0.1, 0.15) is 32.9 Å². The highest BCUT2D eigenvalue weighted by Gasteiger charge is 2.31. The van der Waals surface area contributed by atoms with Crippen LogP contribution in [0.5, 0.6) is 0 Å². The van der Waals surface area contributed by atoms with Crippen LogP contribution in [-0.2, 0) is 0 Å². The molecule has 1 saturated carbocycles. The van der Waals surface area contributed by atoms with Gasteiger partial charge in [-0.15, -0.1) is 23.7 Å². The fourth-order valence-corrected chi connectivity index (χ4v) is 3.08. The zero-order valence-corrected chi connectivity index (χ0v) is 14.7. The molecule has 1 aromatic heterocycles. The monoisotopic (exact) mass is 365 g/mol. The van der Waals surface area contributed by atoms with Gasteiger partial charge in [-0.2, -0.15) is 0 Å². The van der Waals surface area contributed by atoms with Crippen LogP contribution in [0.25, 0.3) is 0 Å². The molecule has 5 nitrogen and oxygen atoms in total. The van der Waals surface area contributed by atoms with E-state index < -0.39 is 0 Å². The van der Waals surface area contributed by atoms with E-state index in [0.29, 0.717) is 28.6 Å². The summed E-state index contributed by atoms with van der Waals surface area (Å²) >= 11 is 1.38. The zero-order chi connectivity index (χ0) is 16.2. The highest BCUT2D eigenvalue weighted by Crippen LogP contribution is 2.32. The van der Waals surface area contributed by atoms with E-state index in [2.05, 4.69) is 10.6 Å². The van der Waals surface area contributed by atoms with Crippen molar-refractivity contribution in [3.63, 3.8) is 0 Å². The third-order valence-electron chi connectivity index (χ3n) is 3.89. The maximum Gasteiger partial charge on any atom is 0.265 e. The summed E-state index contributed by atoms with van der Waals surface area (Å²) in [7, 11) is 0. The summed E-state index contributed by atoms with van der Waals surface area (Å²) in [6.45, 7) is 0.450. The maximum absolute atomic E-state index is 12.3. The van der Waals surface area contributed by atoms with Gasteiger partial charge in [-0.05, 0) is 48.4 Å². The van der Waals surface area contributed by atoms with Crippen LogP contribution < -0.4 is 16.4 Å². The first kappa shape index (κ1) is 18.4. The third-order valence-corrected chi connectivity index (χ3v) is 4.76. The Morgan fingerprint density at radius 3 is 2.62 bits per heavy atom. The maximum atomic E-state index is 12.3. The van der Waals surface area contributed by atoms with Crippen LogP contribution >= 0.6 is 23.7 Å². The lowest BCUT2D eigenvalue weighted by molar-refractivity contribution is 0.0932. The van der Waals surface area contributed by atoms with Crippen molar-refractivity contribution in [1.82, 2.24) is 5.32 Å². The molecule has 1 aromatic carbocycles. The molecular weight excluding hydrogens is 346 g/mol. The number of carbonyl (C=O) groups excluding carboxylic acids is 2. The quantitative estimate of drug-likeness (QED) is 0.735. The summed E-state index contributed by atoms with van der Waals surface area (Å²) in [4.78, 5) is 25.0. The summed E-state index contributed by atoms with van der Waals surface area (Å²) in [5, 5.41) is 7.64. The number of rotatable bonds is 6. The molecule has 1 atom stereocenters. The lowest BCUT2D eigenvalue weighted by Gasteiger charge is -2.16. The largest absolute Gasteiger partial charge is 0.348 e. The van der Waals surface area contributed by atoms with Crippen molar-refractivity contribution < 1.29 is 9.59 Å². The zero-order valence-electron chi connectivity index (χ0n) is 13.0. The van der Waals surface area contributed by atoms with Gasteiger partial charge in [0.2, 0.25) is 0 Å². The van der Waals surface area contributed by atoms with Gasteiger partial charge in [-0.25, -0.2) is 0 Å². The molecule has 4 N–H and O–H groups in total. The number of halogens is 1. The molecule has 1 aliphatic carbocycles. The topological polar surface area (TPSA) is 84.2 Å². The van der Waals surface area contributed by atoms with Crippen molar-refractivity contribution >= 4 is 41.2 Å². The normalized spacial score (nSPS) is 14.4. The molecule has 128 valence electrons. The first-order chi connectivity index (χ1) is 11.2. The predicted molar refractivity (Wildman–Crippen MR) is 99.0 cm³/mol. The summed E-state index contributed by atoms with van der Waals surface area (Å²) in [6, 6.07) is 10.6. The van der Waals surface area contributed by atoms with E-state index in [1.807, 2.05) is 11.4 Å². The second kappa shape index (κ2) is 8.28. The number of hydrogen-bond acceptors (Lipinski definition) is 4. The third kappa shape index (κ3) is 4.56. The van der Waals surface area contributed by atoms with E-state index in [1.54, 1.807) is 30.3 Å². The molecule has 2 aromatic rings. The van der Waals surface area contributed by atoms with Gasteiger partial charge in [-0.1, -0.05) is 12.1 Å². The highest BCUT2D eigenvalue weighted by molar-refractivity contribution is 7.12. The van der Waals surface area contributed by atoms with Gasteiger partial charge >= 0.3 is 0 Å². The lowest BCUT2D eigenvalue weighted by Crippen LogP contribution is -2.41. The van der Waals surface area contributed by atoms with Crippen LogP contribution in [0.3, 0.4) is 0 Å². The molecule has 0 aliphatic heterocycles. The van der Waals surface area contributed by atoms with Crippen molar-refractivity contribution in [2.24, 2.45) is 11.7 Å². The Hall–Kier alpha value is -1.89. The predicted octanol–water partition coefficient (Wildman–Crippen LogP) is 2.89. The van der Waals surface area contributed by atoms with E-state index in [-0.39, 0.29) is 30.3 Å². The second-order valence-electron chi connectivity index (χ2n) is 5.67. The fraction of sp³-hybridized carbons (Fsp3) is 0.294. The van der Waals surface area contributed by atoms with Gasteiger partial charge in [0.25, 0.3) is 11.8 Å². The number of carbonyl (C=O) groups is 2. The molecule has 3 rings (SSSR count). The van der Waals surface area contributed by atoms with Crippen LogP contribution in [0, 0.1) is 5.92 Å². The first-order valence-corrected chi connectivity index (χ1v) is 8.51. The molecule has 1 aliphatic rings. The second-order valence-corrected chi connectivity index (χ2v) is 6.61. The number of amides is 2. The molecule has 0 radical (unpaired) electrons. The number of nitrogens with one attached hydrogen (secondary N) is 2. The Balaban J connectivity index is 0.00000208. The first-order valence-electron chi connectivity index (χ1n) is 7.63. The summed E-state index contributed by atoms with van der Waals surface area (Å²) in [5.41, 5.74) is 6.84. The van der Waals surface area contributed by atoms with Crippen molar-refractivity contribution in [2.45, 2.75) is 18.9 Å². The molecule has 0 spiro atoms. The van der Waals surface area contributed by atoms with Crippen molar-refractivity contribution in [1.29, 1.82) is 0 Å². The molecule has 0 saturated heterocycles. The van der Waals surface area contributed by atoms with Crippen molar-refractivity contribution in [2.75, 3.05) is 11.9 Å². The highest BCUT2D eigenvalue weighted by atomic mass is 35.5. The molecule has 1 fully saturated rings. The number of nitrogens with two attached hydrogens (primary N) is 1. The van der Waals surface area contributed by atoms with E-state index in [1.165, 1.54) is 11.3 Å². The smallest absolute Gasteiger partial charge is 0.265 e. The molecule has 2 amide bonds. The number of anilines is 1. The summed E-state index contributed by atoms with van der Waals surface area (Å²) in [6.07, 6.45) is 2.25. The van der Waals surface area contributed by atoms with Gasteiger partial charge in [-0.3, -0.25) is 9.59 Å². The molecular formula is C17H20ClN3O2S. The van der Waals surface area contributed by atoms with E-state index >= 15 is 0 Å². The Bertz CT molecular complexity index is 702. The lowest BCUT2D eigenvalue weighted by atomic mass is 10.1. The summed E-state index contributed by atoms with van der Waals surface area (Å²) in [5.74, 6) is 0.181. The number of benzene rings is 1. The van der Waals surface area contributed by atoms with Crippen molar-refractivity contribution in [3.05, 3.63) is 52.2 Å². The van der Waals surface area contributed by atoms with Gasteiger partial charge < -0.3 is 16.4 Å². The average Bonchev–Trinajstić information content (AvgIpc) is 3.25. The standard InChI is InChI=1S/C17H19N3O2S.ClH/c18-10-14(11-6-7-11)20-16(21)12-3-1-4-13(9-12)19-17(22)15-5-2-8-23-15;/h1-5,8-9,11,14H,6-7,10,18H2,(H,19,22)(H,20,21);1H. The molecule has 1 heterocycles. The van der Waals surface area contributed by atoms with Crippen LogP contribution in [-0.4, -0.2) is 24.4 Å². The SMILES string of the molecule is Cl.NCC(NC(=O)c1cccc(NC(=O)c2cccs2)c1)C1CC1.